The molecule has 0 spiro atoms. The number of rotatable bonds is 5. The van der Waals surface area contributed by atoms with E-state index in [2.05, 4.69) is 20.1 Å². The quantitative estimate of drug-likeness (QED) is 0.622. The van der Waals surface area contributed by atoms with Crippen molar-refractivity contribution in [1.29, 1.82) is 0 Å². The molecule has 3 heteroatoms. The Morgan fingerprint density at radius 3 is 2.42 bits per heavy atom. The van der Waals surface area contributed by atoms with E-state index >= 15 is 0 Å². The first kappa shape index (κ1) is 11.8. The van der Waals surface area contributed by atoms with Gasteiger partial charge in [-0.25, -0.2) is 0 Å². The summed E-state index contributed by atoms with van der Waals surface area (Å²) >= 11 is 1.77. The zero-order valence-electron chi connectivity index (χ0n) is 8.29. The Kier molecular flexibility index (Phi) is 6.25. The molecule has 0 heterocycles. The van der Waals surface area contributed by atoms with Gasteiger partial charge in [-0.15, -0.1) is 0 Å². The van der Waals surface area contributed by atoms with Crippen LogP contribution in [0.15, 0.2) is 0 Å². The highest BCUT2D eigenvalue weighted by atomic mass is 32.2. The molecule has 12 heavy (non-hydrogen) atoms. The SMILES string of the molecule is COC(=O)[C@@H](CCSC)C(C)C. The summed E-state index contributed by atoms with van der Waals surface area (Å²) in [5.41, 5.74) is 0. The van der Waals surface area contributed by atoms with Crippen LogP contribution >= 0.6 is 11.8 Å². The summed E-state index contributed by atoms with van der Waals surface area (Å²) in [4.78, 5) is 11.2. The van der Waals surface area contributed by atoms with E-state index in [1.54, 1.807) is 11.8 Å². The number of hydrogen-bond acceptors (Lipinski definition) is 3. The van der Waals surface area contributed by atoms with E-state index in [1.807, 2.05) is 0 Å². The second kappa shape index (κ2) is 6.35. The number of thioether (sulfide) groups is 1. The van der Waals surface area contributed by atoms with E-state index in [-0.39, 0.29) is 11.9 Å². The van der Waals surface area contributed by atoms with Crippen molar-refractivity contribution >= 4 is 17.7 Å². The molecule has 2 nitrogen and oxygen atoms in total. The van der Waals surface area contributed by atoms with Crippen molar-refractivity contribution in [2.45, 2.75) is 20.3 Å². The first-order chi connectivity index (χ1) is 5.63. The van der Waals surface area contributed by atoms with Crippen LogP contribution in [0.4, 0.5) is 0 Å². The fourth-order valence-electron chi connectivity index (χ4n) is 1.12. The smallest absolute Gasteiger partial charge is 0.308 e. The lowest BCUT2D eigenvalue weighted by atomic mass is 9.93. The predicted octanol–water partition coefficient (Wildman–Crippen LogP) is 2.18. The topological polar surface area (TPSA) is 26.3 Å². The van der Waals surface area contributed by atoms with Gasteiger partial charge in [-0.3, -0.25) is 4.79 Å². The summed E-state index contributed by atoms with van der Waals surface area (Å²) < 4.78 is 4.72. The van der Waals surface area contributed by atoms with Crippen molar-refractivity contribution in [3.8, 4) is 0 Å². The second-order valence-electron chi connectivity index (χ2n) is 3.16. The molecule has 0 unspecified atom stereocenters. The van der Waals surface area contributed by atoms with Crippen LogP contribution < -0.4 is 0 Å². The van der Waals surface area contributed by atoms with Gasteiger partial charge >= 0.3 is 5.97 Å². The summed E-state index contributed by atoms with van der Waals surface area (Å²) in [6, 6.07) is 0. The molecule has 0 aliphatic carbocycles. The van der Waals surface area contributed by atoms with Crippen molar-refractivity contribution in [3.05, 3.63) is 0 Å². The van der Waals surface area contributed by atoms with E-state index in [9.17, 15) is 4.79 Å². The van der Waals surface area contributed by atoms with Crippen molar-refractivity contribution < 1.29 is 9.53 Å². The molecule has 1 atom stereocenters. The maximum absolute atomic E-state index is 11.2. The van der Waals surface area contributed by atoms with Gasteiger partial charge in [0.25, 0.3) is 0 Å². The van der Waals surface area contributed by atoms with Gasteiger partial charge in [0.2, 0.25) is 0 Å². The zero-order chi connectivity index (χ0) is 9.56. The van der Waals surface area contributed by atoms with E-state index < -0.39 is 0 Å². The molecule has 0 N–H and O–H groups in total. The third kappa shape index (κ3) is 4.00. The molecule has 0 aromatic carbocycles. The molecule has 0 saturated carbocycles. The summed E-state index contributed by atoms with van der Waals surface area (Å²) in [6.07, 6.45) is 2.97. The fourth-order valence-corrected chi connectivity index (χ4v) is 1.61. The molecule has 0 fully saturated rings. The van der Waals surface area contributed by atoms with Crippen molar-refractivity contribution in [1.82, 2.24) is 0 Å². The Bertz CT molecular complexity index is 134. The molecule has 72 valence electrons. The predicted molar refractivity (Wildman–Crippen MR) is 53.3 cm³/mol. The number of carbonyl (C=O) groups excluding carboxylic acids is 1. The van der Waals surface area contributed by atoms with Crippen LogP contribution in [0.2, 0.25) is 0 Å². The highest BCUT2D eigenvalue weighted by Gasteiger charge is 2.21. The van der Waals surface area contributed by atoms with E-state index in [0.717, 1.165) is 12.2 Å². The summed E-state index contributed by atoms with van der Waals surface area (Å²) in [7, 11) is 1.46. The van der Waals surface area contributed by atoms with Gasteiger partial charge in [0.05, 0.1) is 13.0 Å². The average molecular weight is 190 g/mol. The van der Waals surface area contributed by atoms with Gasteiger partial charge in [-0.1, -0.05) is 13.8 Å². The molecule has 0 radical (unpaired) electrons. The normalized spacial score (nSPS) is 13.1. The minimum atomic E-state index is -0.0703. The Labute approximate surface area is 79.1 Å². The molecule has 0 rings (SSSR count). The van der Waals surface area contributed by atoms with Gasteiger partial charge in [0, 0.05) is 0 Å². The highest BCUT2D eigenvalue weighted by molar-refractivity contribution is 7.98. The van der Waals surface area contributed by atoms with Crippen LogP contribution in [-0.4, -0.2) is 25.1 Å². The van der Waals surface area contributed by atoms with Gasteiger partial charge in [-0.2, -0.15) is 11.8 Å². The highest BCUT2D eigenvalue weighted by Crippen LogP contribution is 2.18. The molecule has 0 aromatic rings. The molecule has 0 aliphatic heterocycles. The van der Waals surface area contributed by atoms with Gasteiger partial charge in [0.15, 0.2) is 0 Å². The maximum Gasteiger partial charge on any atom is 0.308 e. The van der Waals surface area contributed by atoms with Crippen LogP contribution in [-0.2, 0) is 9.53 Å². The largest absolute Gasteiger partial charge is 0.469 e. The molecule has 0 amide bonds. The number of methoxy groups -OCH3 is 1. The minimum absolute atomic E-state index is 0.0703. The second-order valence-corrected chi connectivity index (χ2v) is 4.14. The van der Waals surface area contributed by atoms with Crippen LogP contribution in [0.25, 0.3) is 0 Å². The lowest BCUT2D eigenvalue weighted by Crippen LogP contribution is -2.22. The van der Waals surface area contributed by atoms with E-state index in [4.69, 9.17) is 4.74 Å². The van der Waals surface area contributed by atoms with Crippen LogP contribution in [0.3, 0.4) is 0 Å². The molecule has 0 saturated heterocycles. The monoisotopic (exact) mass is 190 g/mol. The molecular formula is C9H18O2S. The Morgan fingerprint density at radius 2 is 2.08 bits per heavy atom. The number of ether oxygens (including phenoxy) is 1. The summed E-state index contributed by atoms with van der Waals surface area (Å²) in [6.45, 7) is 4.11. The zero-order valence-corrected chi connectivity index (χ0v) is 9.11. The lowest BCUT2D eigenvalue weighted by Gasteiger charge is -2.17. The van der Waals surface area contributed by atoms with Crippen molar-refractivity contribution in [2.75, 3.05) is 19.1 Å². The molecular weight excluding hydrogens is 172 g/mol. The van der Waals surface area contributed by atoms with Crippen LogP contribution in [0.5, 0.6) is 0 Å². The van der Waals surface area contributed by atoms with Crippen LogP contribution in [0, 0.1) is 11.8 Å². The molecule has 0 bridgehead atoms. The first-order valence-corrected chi connectivity index (χ1v) is 5.59. The number of carbonyl (C=O) groups is 1. The van der Waals surface area contributed by atoms with Gasteiger partial charge in [0.1, 0.15) is 0 Å². The molecule has 0 aromatic heterocycles. The third-order valence-electron chi connectivity index (χ3n) is 1.94. The van der Waals surface area contributed by atoms with E-state index in [1.165, 1.54) is 7.11 Å². The van der Waals surface area contributed by atoms with E-state index in [0.29, 0.717) is 5.92 Å². The minimum Gasteiger partial charge on any atom is -0.469 e. The van der Waals surface area contributed by atoms with Gasteiger partial charge < -0.3 is 4.74 Å². The Balaban J connectivity index is 3.95. The fraction of sp³-hybridized carbons (Fsp3) is 0.889. The standard InChI is InChI=1S/C9H18O2S/c1-7(2)8(5-6-12-4)9(10)11-3/h7-8H,5-6H2,1-4H3/t8-/m0/s1. The number of hydrogen-bond donors (Lipinski definition) is 0. The first-order valence-electron chi connectivity index (χ1n) is 4.20. The molecule has 0 aliphatic rings. The Morgan fingerprint density at radius 1 is 1.50 bits per heavy atom. The summed E-state index contributed by atoms with van der Waals surface area (Å²) in [5, 5.41) is 0. The Hall–Kier alpha value is -0.180. The summed E-state index contributed by atoms with van der Waals surface area (Å²) in [5.74, 6) is 1.41. The van der Waals surface area contributed by atoms with Crippen LogP contribution in [0.1, 0.15) is 20.3 Å². The maximum atomic E-state index is 11.2. The lowest BCUT2D eigenvalue weighted by molar-refractivity contribution is -0.147. The van der Waals surface area contributed by atoms with Gasteiger partial charge in [-0.05, 0) is 24.3 Å². The van der Waals surface area contributed by atoms with Crippen molar-refractivity contribution in [3.63, 3.8) is 0 Å². The van der Waals surface area contributed by atoms with Crippen molar-refractivity contribution in [2.24, 2.45) is 11.8 Å². The third-order valence-corrected chi connectivity index (χ3v) is 2.59. The number of esters is 1. The average Bonchev–Trinajstić information content (AvgIpc) is 2.04.